The van der Waals surface area contributed by atoms with Crippen LogP contribution in [0.25, 0.3) is 11.4 Å². The summed E-state index contributed by atoms with van der Waals surface area (Å²) >= 11 is 0. The second kappa shape index (κ2) is 3.52. The number of aryl methyl sites for hydroxylation is 1. The molecule has 0 spiro atoms. The Labute approximate surface area is 93.2 Å². The van der Waals surface area contributed by atoms with Gasteiger partial charge in [0.05, 0.1) is 0 Å². The highest BCUT2D eigenvalue weighted by Crippen LogP contribution is 2.26. The summed E-state index contributed by atoms with van der Waals surface area (Å²) in [6.07, 6.45) is 4.92. The molecule has 3 rings (SSSR count). The van der Waals surface area contributed by atoms with Gasteiger partial charge in [-0.3, -0.25) is 4.79 Å². The van der Waals surface area contributed by atoms with E-state index < -0.39 is 0 Å². The molecule has 0 bridgehead atoms. The molecular formula is C13H10N2O. The van der Waals surface area contributed by atoms with E-state index >= 15 is 0 Å². The van der Waals surface area contributed by atoms with Crippen LogP contribution in [0, 0.1) is 0 Å². The molecule has 0 unspecified atom stereocenters. The molecule has 0 amide bonds. The lowest BCUT2D eigenvalue weighted by atomic mass is 10.1. The molecule has 1 aliphatic carbocycles. The quantitative estimate of drug-likeness (QED) is 0.725. The van der Waals surface area contributed by atoms with E-state index in [1.165, 1.54) is 0 Å². The SMILES string of the molecule is O=C1CCc2cc(-c3ncccn3)ccc21. The van der Waals surface area contributed by atoms with Crippen LogP contribution in [-0.2, 0) is 6.42 Å². The summed E-state index contributed by atoms with van der Waals surface area (Å²) in [5.74, 6) is 0.958. The largest absolute Gasteiger partial charge is 0.294 e. The number of hydrogen-bond donors (Lipinski definition) is 0. The van der Waals surface area contributed by atoms with Gasteiger partial charge < -0.3 is 0 Å². The molecule has 1 aromatic heterocycles. The van der Waals surface area contributed by atoms with Gasteiger partial charge in [0.1, 0.15) is 0 Å². The van der Waals surface area contributed by atoms with E-state index in [1.807, 2.05) is 18.2 Å². The number of ketones is 1. The molecule has 0 fully saturated rings. The number of nitrogens with zero attached hydrogens (tertiary/aromatic N) is 2. The van der Waals surface area contributed by atoms with Gasteiger partial charge in [0.25, 0.3) is 0 Å². The molecule has 0 atom stereocenters. The fourth-order valence-corrected chi connectivity index (χ4v) is 2.04. The highest BCUT2D eigenvalue weighted by molar-refractivity contribution is 6.00. The maximum Gasteiger partial charge on any atom is 0.163 e. The van der Waals surface area contributed by atoms with Gasteiger partial charge >= 0.3 is 0 Å². The number of rotatable bonds is 1. The summed E-state index contributed by atoms with van der Waals surface area (Å²) in [5.41, 5.74) is 2.96. The average molecular weight is 210 g/mol. The van der Waals surface area contributed by atoms with Crippen molar-refractivity contribution in [2.75, 3.05) is 0 Å². The number of fused-ring (bicyclic) bond motifs is 1. The lowest BCUT2D eigenvalue weighted by Crippen LogP contribution is -1.92. The molecule has 0 saturated heterocycles. The van der Waals surface area contributed by atoms with Crippen molar-refractivity contribution in [2.45, 2.75) is 12.8 Å². The minimum absolute atomic E-state index is 0.246. The summed E-state index contributed by atoms with van der Waals surface area (Å²) < 4.78 is 0. The van der Waals surface area contributed by atoms with Crippen molar-refractivity contribution in [2.24, 2.45) is 0 Å². The summed E-state index contributed by atoms with van der Waals surface area (Å²) in [4.78, 5) is 19.9. The molecule has 1 heterocycles. The maximum absolute atomic E-state index is 11.5. The highest BCUT2D eigenvalue weighted by Gasteiger charge is 2.19. The van der Waals surface area contributed by atoms with Gasteiger partial charge in [-0.15, -0.1) is 0 Å². The predicted octanol–water partition coefficient (Wildman–Crippen LogP) is 2.27. The minimum Gasteiger partial charge on any atom is -0.294 e. The van der Waals surface area contributed by atoms with Gasteiger partial charge in [-0.1, -0.05) is 12.1 Å². The van der Waals surface area contributed by atoms with Crippen LogP contribution in [-0.4, -0.2) is 15.8 Å². The molecule has 2 aromatic rings. The molecule has 0 saturated carbocycles. The van der Waals surface area contributed by atoms with E-state index in [0.29, 0.717) is 12.2 Å². The molecule has 16 heavy (non-hydrogen) atoms. The molecule has 0 aliphatic heterocycles. The second-order valence-electron chi connectivity index (χ2n) is 3.87. The predicted molar refractivity (Wildman–Crippen MR) is 60.1 cm³/mol. The Balaban J connectivity index is 2.09. The van der Waals surface area contributed by atoms with Gasteiger partial charge in [0.15, 0.2) is 11.6 Å². The maximum atomic E-state index is 11.5. The number of aromatic nitrogens is 2. The third-order valence-electron chi connectivity index (χ3n) is 2.85. The van der Waals surface area contributed by atoms with Crippen molar-refractivity contribution >= 4 is 5.78 Å². The van der Waals surface area contributed by atoms with E-state index in [1.54, 1.807) is 18.5 Å². The standard InChI is InChI=1S/C13H10N2O/c16-12-5-3-9-8-10(2-4-11(9)12)13-14-6-1-7-15-13/h1-2,4,6-8H,3,5H2. The Morgan fingerprint density at radius 1 is 1.06 bits per heavy atom. The van der Waals surface area contributed by atoms with Crippen molar-refractivity contribution in [1.29, 1.82) is 0 Å². The third-order valence-corrected chi connectivity index (χ3v) is 2.85. The smallest absolute Gasteiger partial charge is 0.163 e. The first-order valence-corrected chi connectivity index (χ1v) is 5.28. The zero-order chi connectivity index (χ0) is 11.0. The number of benzene rings is 1. The zero-order valence-corrected chi connectivity index (χ0v) is 8.68. The lowest BCUT2D eigenvalue weighted by Gasteiger charge is -2.02. The highest BCUT2D eigenvalue weighted by atomic mass is 16.1. The van der Waals surface area contributed by atoms with E-state index in [2.05, 4.69) is 9.97 Å². The number of carbonyl (C=O) groups excluding carboxylic acids is 1. The van der Waals surface area contributed by atoms with Gasteiger partial charge in [-0.2, -0.15) is 0 Å². The molecular weight excluding hydrogens is 200 g/mol. The van der Waals surface area contributed by atoms with Crippen LogP contribution in [0.5, 0.6) is 0 Å². The number of carbonyl (C=O) groups is 1. The summed E-state index contributed by atoms with van der Waals surface area (Å²) in [6, 6.07) is 7.61. The van der Waals surface area contributed by atoms with Crippen molar-refractivity contribution < 1.29 is 4.79 Å². The van der Waals surface area contributed by atoms with Crippen molar-refractivity contribution in [3.05, 3.63) is 47.8 Å². The first-order valence-electron chi connectivity index (χ1n) is 5.28. The summed E-state index contributed by atoms with van der Waals surface area (Å²) in [5, 5.41) is 0. The second-order valence-corrected chi connectivity index (χ2v) is 3.87. The van der Waals surface area contributed by atoms with Crippen molar-refractivity contribution in [3.63, 3.8) is 0 Å². The minimum atomic E-state index is 0.246. The zero-order valence-electron chi connectivity index (χ0n) is 8.68. The molecule has 1 aromatic carbocycles. The van der Waals surface area contributed by atoms with Crippen LogP contribution < -0.4 is 0 Å². The van der Waals surface area contributed by atoms with E-state index in [0.717, 1.165) is 23.1 Å². The molecule has 3 heteroatoms. The van der Waals surface area contributed by atoms with E-state index in [4.69, 9.17) is 0 Å². The monoisotopic (exact) mass is 210 g/mol. The Kier molecular flexibility index (Phi) is 2.03. The van der Waals surface area contributed by atoms with Crippen molar-refractivity contribution in [3.8, 4) is 11.4 Å². The summed E-state index contributed by atoms with van der Waals surface area (Å²) in [6.45, 7) is 0. The topological polar surface area (TPSA) is 42.9 Å². The lowest BCUT2D eigenvalue weighted by molar-refractivity contribution is 0.0994. The fraction of sp³-hybridized carbons (Fsp3) is 0.154. The van der Waals surface area contributed by atoms with E-state index in [9.17, 15) is 4.79 Å². The normalized spacial score (nSPS) is 13.9. The Hall–Kier alpha value is -2.03. The molecule has 1 aliphatic rings. The Morgan fingerprint density at radius 3 is 2.69 bits per heavy atom. The first kappa shape index (κ1) is 9.21. The van der Waals surface area contributed by atoms with Crippen LogP contribution in [0.1, 0.15) is 22.3 Å². The fourth-order valence-electron chi connectivity index (χ4n) is 2.04. The third kappa shape index (κ3) is 1.41. The first-order chi connectivity index (χ1) is 7.84. The van der Waals surface area contributed by atoms with Gasteiger partial charge in [0, 0.05) is 29.9 Å². The average Bonchev–Trinajstić information content (AvgIpc) is 2.72. The van der Waals surface area contributed by atoms with Crippen LogP contribution in [0.2, 0.25) is 0 Å². The van der Waals surface area contributed by atoms with Crippen LogP contribution in [0.4, 0.5) is 0 Å². The Morgan fingerprint density at radius 2 is 1.88 bits per heavy atom. The van der Waals surface area contributed by atoms with E-state index in [-0.39, 0.29) is 5.78 Å². The van der Waals surface area contributed by atoms with Crippen LogP contribution >= 0.6 is 0 Å². The molecule has 3 nitrogen and oxygen atoms in total. The van der Waals surface area contributed by atoms with Crippen LogP contribution in [0.3, 0.4) is 0 Å². The van der Waals surface area contributed by atoms with Gasteiger partial charge in [-0.05, 0) is 24.1 Å². The molecule has 0 radical (unpaired) electrons. The number of Topliss-reactive ketones (excluding diaryl/α,β-unsaturated/α-hetero) is 1. The van der Waals surface area contributed by atoms with Crippen molar-refractivity contribution in [1.82, 2.24) is 9.97 Å². The molecule has 78 valence electrons. The van der Waals surface area contributed by atoms with Crippen LogP contribution in [0.15, 0.2) is 36.7 Å². The summed E-state index contributed by atoms with van der Waals surface area (Å²) in [7, 11) is 0. The Bertz CT molecular complexity index is 549. The molecule has 0 N–H and O–H groups in total. The van der Waals surface area contributed by atoms with Gasteiger partial charge in [-0.25, -0.2) is 9.97 Å². The number of hydrogen-bond acceptors (Lipinski definition) is 3. The van der Waals surface area contributed by atoms with Gasteiger partial charge in [0.2, 0.25) is 0 Å².